The maximum Gasteiger partial charge on any atom is 0.274 e. The van der Waals surface area contributed by atoms with Gasteiger partial charge in [0, 0.05) is 37.1 Å². The van der Waals surface area contributed by atoms with Gasteiger partial charge in [-0.25, -0.2) is 0 Å². The first-order chi connectivity index (χ1) is 12.6. The highest BCUT2D eigenvalue weighted by atomic mass is 32.1. The van der Waals surface area contributed by atoms with E-state index in [4.69, 9.17) is 0 Å². The van der Waals surface area contributed by atoms with Gasteiger partial charge in [0.2, 0.25) is 0 Å². The Kier molecular flexibility index (Phi) is 4.42. The van der Waals surface area contributed by atoms with Crippen molar-refractivity contribution in [2.24, 2.45) is 0 Å². The van der Waals surface area contributed by atoms with Gasteiger partial charge in [0.05, 0.1) is 4.70 Å². The van der Waals surface area contributed by atoms with Crippen LogP contribution in [0.25, 0.3) is 10.1 Å². The lowest BCUT2D eigenvalue weighted by Crippen LogP contribution is -2.50. The molecule has 26 heavy (non-hydrogen) atoms. The molecule has 1 saturated heterocycles. The van der Waals surface area contributed by atoms with Gasteiger partial charge in [0.15, 0.2) is 0 Å². The lowest BCUT2D eigenvalue weighted by molar-refractivity contribution is 0.0533. The summed E-state index contributed by atoms with van der Waals surface area (Å²) in [6.07, 6.45) is 0. The summed E-state index contributed by atoms with van der Waals surface area (Å²) in [5.74, 6) is -0.0141. The number of aryl methyl sites for hydroxylation is 1. The lowest BCUT2D eigenvalue weighted by Gasteiger charge is -2.34. The van der Waals surface area contributed by atoms with Crippen molar-refractivity contribution in [3.05, 3.63) is 65.4 Å². The molecule has 0 saturated carbocycles. The Hall–Kier alpha value is -2.73. The lowest BCUT2D eigenvalue weighted by atomic mass is 10.1. The smallest absolute Gasteiger partial charge is 0.274 e. The van der Waals surface area contributed by atoms with E-state index in [1.165, 1.54) is 11.5 Å². The molecule has 0 aliphatic carbocycles. The van der Waals surface area contributed by atoms with Crippen LogP contribution in [0.2, 0.25) is 0 Å². The van der Waals surface area contributed by atoms with Crippen LogP contribution in [-0.2, 0) is 0 Å². The van der Waals surface area contributed by atoms with E-state index >= 15 is 0 Å². The number of carbonyl (C=O) groups excluding carboxylic acids is 2. The first kappa shape index (κ1) is 16.7. The molecule has 2 amide bonds. The van der Waals surface area contributed by atoms with E-state index in [0.29, 0.717) is 31.9 Å². The summed E-state index contributed by atoms with van der Waals surface area (Å²) in [6.45, 7) is 4.09. The van der Waals surface area contributed by atoms with Crippen LogP contribution in [0.5, 0.6) is 0 Å². The fraction of sp³-hybridized carbons (Fsp3) is 0.250. The number of benzene rings is 2. The predicted molar refractivity (Wildman–Crippen MR) is 103 cm³/mol. The molecule has 1 aliphatic heterocycles. The summed E-state index contributed by atoms with van der Waals surface area (Å²) in [4.78, 5) is 29.2. The molecule has 132 valence electrons. The topological polar surface area (TPSA) is 53.5 Å². The summed E-state index contributed by atoms with van der Waals surface area (Å²) >= 11 is 1.35. The van der Waals surface area contributed by atoms with Gasteiger partial charge in [-0.1, -0.05) is 36.4 Å². The van der Waals surface area contributed by atoms with Gasteiger partial charge in [-0.3, -0.25) is 9.59 Å². The molecule has 0 N–H and O–H groups in total. The molecule has 0 unspecified atom stereocenters. The van der Waals surface area contributed by atoms with E-state index in [-0.39, 0.29) is 11.8 Å². The summed E-state index contributed by atoms with van der Waals surface area (Å²) in [5.41, 5.74) is 2.23. The highest BCUT2D eigenvalue weighted by molar-refractivity contribution is 7.13. The minimum absolute atomic E-state index is 0.0364. The first-order valence-electron chi connectivity index (χ1n) is 8.64. The van der Waals surface area contributed by atoms with E-state index in [1.54, 1.807) is 4.90 Å². The summed E-state index contributed by atoms with van der Waals surface area (Å²) in [6, 6.07) is 15.4. The van der Waals surface area contributed by atoms with Crippen molar-refractivity contribution < 1.29 is 9.59 Å². The van der Waals surface area contributed by atoms with Crippen LogP contribution in [0.1, 0.15) is 26.4 Å². The largest absolute Gasteiger partial charge is 0.335 e. The molecule has 1 aromatic heterocycles. The second-order valence-electron chi connectivity index (χ2n) is 6.43. The van der Waals surface area contributed by atoms with Crippen molar-refractivity contribution in [3.63, 3.8) is 0 Å². The number of piperazine rings is 1. The number of carbonyl (C=O) groups is 2. The zero-order valence-electron chi connectivity index (χ0n) is 14.5. The molecule has 0 atom stereocenters. The molecule has 3 aromatic rings. The molecule has 1 aliphatic rings. The molecule has 0 bridgehead atoms. The summed E-state index contributed by atoms with van der Waals surface area (Å²) in [7, 11) is 0. The third-order valence-electron chi connectivity index (χ3n) is 4.81. The molecular formula is C20H19N3O2S. The van der Waals surface area contributed by atoms with Crippen molar-refractivity contribution >= 4 is 33.4 Å². The number of fused-ring (bicyclic) bond motifs is 1. The fourth-order valence-electron chi connectivity index (χ4n) is 3.29. The molecule has 0 radical (unpaired) electrons. The Morgan fingerprint density at radius 2 is 1.50 bits per heavy atom. The number of hydrogen-bond acceptors (Lipinski definition) is 4. The van der Waals surface area contributed by atoms with Gasteiger partial charge < -0.3 is 9.80 Å². The van der Waals surface area contributed by atoms with E-state index in [2.05, 4.69) is 4.37 Å². The quantitative estimate of drug-likeness (QED) is 0.701. The Morgan fingerprint density at radius 3 is 2.23 bits per heavy atom. The van der Waals surface area contributed by atoms with Gasteiger partial charge in [-0.2, -0.15) is 4.37 Å². The van der Waals surface area contributed by atoms with Crippen LogP contribution in [-0.4, -0.2) is 52.2 Å². The minimum Gasteiger partial charge on any atom is -0.335 e. The average Bonchev–Trinajstić information content (AvgIpc) is 3.11. The van der Waals surface area contributed by atoms with Crippen molar-refractivity contribution in [2.45, 2.75) is 6.92 Å². The van der Waals surface area contributed by atoms with Crippen LogP contribution in [0, 0.1) is 6.92 Å². The van der Waals surface area contributed by atoms with E-state index < -0.39 is 0 Å². The van der Waals surface area contributed by atoms with Gasteiger partial charge in [-0.05, 0) is 36.2 Å². The van der Waals surface area contributed by atoms with Gasteiger partial charge in [0.25, 0.3) is 11.8 Å². The highest BCUT2D eigenvalue weighted by Crippen LogP contribution is 2.24. The van der Waals surface area contributed by atoms with Crippen molar-refractivity contribution in [1.82, 2.24) is 14.2 Å². The number of aromatic nitrogens is 1. The molecular weight excluding hydrogens is 346 g/mol. The Morgan fingerprint density at radius 1 is 0.885 bits per heavy atom. The monoisotopic (exact) mass is 365 g/mol. The minimum atomic E-state index is -0.0505. The molecule has 2 heterocycles. The van der Waals surface area contributed by atoms with Crippen LogP contribution in [0.3, 0.4) is 0 Å². The van der Waals surface area contributed by atoms with Gasteiger partial charge in [0.1, 0.15) is 5.69 Å². The number of hydrogen-bond donors (Lipinski definition) is 0. The second kappa shape index (κ2) is 6.88. The van der Waals surface area contributed by atoms with Crippen LogP contribution >= 0.6 is 11.5 Å². The van der Waals surface area contributed by atoms with Gasteiger partial charge in [-0.15, -0.1) is 0 Å². The number of rotatable bonds is 2. The molecule has 2 aromatic carbocycles. The van der Waals surface area contributed by atoms with Crippen molar-refractivity contribution in [2.75, 3.05) is 26.2 Å². The number of nitrogens with zero attached hydrogens (tertiary/aromatic N) is 3. The molecule has 1 fully saturated rings. The van der Waals surface area contributed by atoms with Crippen LogP contribution in [0.4, 0.5) is 0 Å². The maximum absolute atomic E-state index is 12.8. The predicted octanol–water partition coefficient (Wildman–Crippen LogP) is 3.20. The van der Waals surface area contributed by atoms with Crippen LogP contribution < -0.4 is 0 Å². The summed E-state index contributed by atoms with van der Waals surface area (Å²) < 4.78 is 5.37. The maximum atomic E-state index is 12.8. The van der Waals surface area contributed by atoms with E-state index in [9.17, 15) is 9.59 Å². The number of amides is 2. The molecule has 6 heteroatoms. The molecule has 4 rings (SSSR count). The summed E-state index contributed by atoms with van der Waals surface area (Å²) in [5, 5.41) is 0.904. The Bertz CT molecular complexity index is 974. The average molecular weight is 365 g/mol. The first-order valence-corrected chi connectivity index (χ1v) is 9.41. The van der Waals surface area contributed by atoms with Crippen molar-refractivity contribution in [3.8, 4) is 0 Å². The zero-order chi connectivity index (χ0) is 18.1. The van der Waals surface area contributed by atoms with E-state index in [1.807, 2.05) is 60.4 Å². The zero-order valence-corrected chi connectivity index (χ0v) is 15.3. The van der Waals surface area contributed by atoms with Gasteiger partial charge >= 0.3 is 0 Å². The third kappa shape index (κ3) is 2.97. The second-order valence-corrected chi connectivity index (χ2v) is 7.23. The molecule has 0 spiro atoms. The Labute approximate surface area is 156 Å². The van der Waals surface area contributed by atoms with E-state index in [0.717, 1.165) is 21.2 Å². The van der Waals surface area contributed by atoms with Crippen LogP contribution in [0.15, 0.2) is 48.5 Å². The highest BCUT2D eigenvalue weighted by Gasteiger charge is 2.27. The van der Waals surface area contributed by atoms with Crippen molar-refractivity contribution in [1.29, 1.82) is 0 Å². The standard InChI is InChI=1S/C20H19N3O2S/c1-14-6-2-3-7-15(14)19(24)22-10-12-23(13-11-22)20(25)18-16-8-4-5-9-17(16)26-21-18/h2-9H,10-13H2,1H3. The molecule has 5 nitrogen and oxygen atoms in total. The normalized spacial score (nSPS) is 14.7. The third-order valence-corrected chi connectivity index (χ3v) is 5.64. The Balaban J connectivity index is 1.46. The SMILES string of the molecule is Cc1ccccc1C(=O)N1CCN(C(=O)c2nsc3ccccc23)CC1. The fourth-order valence-corrected chi connectivity index (χ4v) is 4.05.